The molecule has 1 aromatic heterocycles. The van der Waals surface area contributed by atoms with E-state index in [0.29, 0.717) is 12.5 Å². The Morgan fingerprint density at radius 1 is 1.50 bits per heavy atom. The van der Waals surface area contributed by atoms with E-state index in [4.69, 9.17) is 16.3 Å². The van der Waals surface area contributed by atoms with Crippen LogP contribution in [0.2, 0.25) is 0 Å². The van der Waals surface area contributed by atoms with Crippen LogP contribution in [-0.2, 0) is 11.2 Å². The van der Waals surface area contributed by atoms with Crippen LogP contribution in [0.25, 0.3) is 0 Å². The summed E-state index contributed by atoms with van der Waals surface area (Å²) in [7, 11) is 0. The number of ether oxygens (including phenoxy) is 1. The second-order valence-corrected chi connectivity index (χ2v) is 4.95. The second-order valence-electron chi connectivity index (χ2n) is 2.48. The number of hydrogen-bond acceptors (Lipinski definition) is 5. The number of alkyl halides is 1. The Labute approximate surface area is 97.4 Å². The van der Waals surface area contributed by atoms with Crippen LogP contribution in [0.3, 0.4) is 0 Å². The molecule has 3 nitrogen and oxygen atoms in total. The van der Waals surface area contributed by atoms with Gasteiger partial charge in [0.25, 0.3) is 0 Å². The maximum Gasteiger partial charge on any atom is 0.170 e. The number of rotatable bonds is 7. The summed E-state index contributed by atoms with van der Waals surface area (Å²) in [6.07, 6.45) is 0.903. The van der Waals surface area contributed by atoms with Crippen molar-refractivity contribution in [2.45, 2.75) is 17.7 Å². The normalized spacial score (nSPS) is 10.7. The van der Waals surface area contributed by atoms with E-state index >= 15 is 0 Å². The molecule has 0 aliphatic rings. The molecule has 6 heteroatoms. The van der Waals surface area contributed by atoms with E-state index < -0.39 is 0 Å². The summed E-state index contributed by atoms with van der Waals surface area (Å²) in [6, 6.07) is 0. The first-order chi connectivity index (χ1) is 6.86. The number of halogens is 1. The molecule has 0 radical (unpaired) electrons. The summed E-state index contributed by atoms with van der Waals surface area (Å²) < 4.78 is 10.5. The molecule has 14 heavy (non-hydrogen) atoms. The van der Waals surface area contributed by atoms with Crippen LogP contribution in [0.5, 0.6) is 0 Å². The minimum Gasteiger partial charge on any atom is -0.379 e. The minimum absolute atomic E-state index is 0.559. The zero-order chi connectivity index (χ0) is 10.2. The summed E-state index contributed by atoms with van der Waals surface area (Å²) >= 11 is 8.61. The van der Waals surface area contributed by atoms with E-state index in [2.05, 4.69) is 16.3 Å². The molecule has 1 rings (SSSR count). The van der Waals surface area contributed by atoms with Crippen LogP contribution in [0.4, 0.5) is 0 Å². The highest BCUT2D eigenvalue weighted by Crippen LogP contribution is 2.19. The molecule has 0 N–H and O–H groups in total. The number of aromatic nitrogens is 2. The first-order valence-corrected chi connectivity index (χ1v) is 6.75. The van der Waals surface area contributed by atoms with Crippen LogP contribution >= 0.6 is 34.9 Å². The largest absolute Gasteiger partial charge is 0.379 e. The van der Waals surface area contributed by atoms with Crippen molar-refractivity contribution in [3.8, 4) is 0 Å². The van der Waals surface area contributed by atoms with Gasteiger partial charge in [0, 0.05) is 18.1 Å². The van der Waals surface area contributed by atoms with Crippen LogP contribution in [-0.4, -0.2) is 34.2 Å². The topological polar surface area (TPSA) is 35.0 Å². The molecule has 0 unspecified atom stereocenters. The van der Waals surface area contributed by atoms with Gasteiger partial charge in [0.15, 0.2) is 4.34 Å². The average molecular weight is 253 g/mol. The summed E-state index contributed by atoms with van der Waals surface area (Å²) in [5, 5.41) is 0. The number of nitrogens with zero attached hydrogens (tertiary/aromatic N) is 2. The fraction of sp³-hybridized carbons (Fsp3) is 0.750. The van der Waals surface area contributed by atoms with Gasteiger partial charge in [0.2, 0.25) is 0 Å². The third kappa shape index (κ3) is 4.59. The van der Waals surface area contributed by atoms with E-state index in [-0.39, 0.29) is 0 Å². The molecule has 0 spiro atoms. The van der Waals surface area contributed by atoms with Crippen molar-refractivity contribution in [2.75, 3.05) is 24.8 Å². The first-order valence-electron chi connectivity index (χ1n) is 4.46. The van der Waals surface area contributed by atoms with Gasteiger partial charge in [0.05, 0.1) is 13.2 Å². The van der Waals surface area contributed by atoms with Crippen molar-refractivity contribution in [1.29, 1.82) is 0 Å². The van der Waals surface area contributed by atoms with Gasteiger partial charge >= 0.3 is 0 Å². The molecular weight excluding hydrogens is 240 g/mol. The molecule has 0 atom stereocenters. The van der Waals surface area contributed by atoms with E-state index in [1.54, 1.807) is 11.8 Å². The highest BCUT2D eigenvalue weighted by Gasteiger charge is 2.01. The number of thioether (sulfide) groups is 1. The Morgan fingerprint density at radius 3 is 3.00 bits per heavy atom. The van der Waals surface area contributed by atoms with Crippen molar-refractivity contribution >= 4 is 34.9 Å². The van der Waals surface area contributed by atoms with E-state index in [0.717, 1.165) is 28.9 Å². The molecule has 0 amide bonds. The Bertz CT molecular complexity index is 257. The number of hydrogen-bond donors (Lipinski definition) is 0. The monoisotopic (exact) mass is 252 g/mol. The second kappa shape index (κ2) is 7.45. The summed E-state index contributed by atoms with van der Waals surface area (Å²) in [6.45, 7) is 3.40. The lowest BCUT2D eigenvalue weighted by Gasteiger charge is -1.98. The smallest absolute Gasteiger partial charge is 0.170 e. The van der Waals surface area contributed by atoms with E-state index in [1.165, 1.54) is 11.5 Å². The van der Waals surface area contributed by atoms with Gasteiger partial charge in [-0.05, 0) is 11.5 Å². The highest BCUT2D eigenvalue weighted by atomic mass is 35.5. The van der Waals surface area contributed by atoms with Gasteiger partial charge in [-0.2, -0.15) is 4.37 Å². The Balaban J connectivity index is 2.12. The SMILES string of the molecule is CCc1nsc(SCCOCCCl)n1. The fourth-order valence-electron chi connectivity index (χ4n) is 0.785. The lowest BCUT2D eigenvalue weighted by molar-refractivity contribution is 0.166. The van der Waals surface area contributed by atoms with Crippen molar-refractivity contribution in [2.24, 2.45) is 0 Å². The van der Waals surface area contributed by atoms with Gasteiger partial charge in [0.1, 0.15) is 5.82 Å². The first kappa shape index (κ1) is 12.2. The predicted molar refractivity (Wildman–Crippen MR) is 61.6 cm³/mol. The van der Waals surface area contributed by atoms with Gasteiger partial charge in [-0.1, -0.05) is 18.7 Å². The number of aryl methyl sites for hydroxylation is 1. The quantitative estimate of drug-likeness (QED) is 0.424. The molecule has 0 bridgehead atoms. The molecule has 0 fully saturated rings. The molecule has 1 aromatic rings. The Morgan fingerprint density at radius 2 is 2.36 bits per heavy atom. The van der Waals surface area contributed by atoms with Crippen molar-refractivity contribution in [3.63, 3.8) is 0 Å². The van der Waals surface area contributed by atoms with Gasteiger partial charge in [-0.3, -0.25) is 0 Å². The standard InChI is InChI=1S/C8H13ClN2OS2/c1-2-7-10-8(14-11-7)13-6-5-12-4-3-9/h2-6H2,1H3. The predicted octanol–water partition coefficient (Wildman–Crippen LogP) is 2.45. The van der Waals surface area contributed by atoms with Crippen LogP contribution in [0.1, 0.15) is 12.7 Å². The lowest BCUT2D eigenvalue weighted by atomic mass is 10.5. The van der Waals surface area contributed by atoms with Crippen LogP contribution in [0, 0.1) is 0 Å². The van der Waals surface area contributed by atoms with Crippen molar-refractivity contribution in [1.82, 2.24) is 9.36 Å². The zero-order valence-electron chi connectivity index (χ0n) is 8.03. The van der Waals surface area contributed by atoms with Gasteiger partial charge in [-0.25, -0.2) is 4.98 Å². The molecule has 80 valence electrons. The zero-order valence-corrected chi connectivity index (χ0v) is 10.4. The third-order valence-electron chi connectivity index (χ3n) is 1.44. The lowest BCUT2D eigenvalue weighted by Crippen LogP contribution is -1.99. The third-order valence-corrected chi connectivity index (χ3v) is 3.43. The van der Waals surface area contributed by atoms with Crippen LogP contribution < -0.4 is 0 Å². The fourth-order valence-corrected chi connectivity index (χ4v) is 2.51. The minimum atomic E-state index is 0.559. The van der Waals surface area contributed by atoms with Crippen LogP contribution in [0.15, 0.2) is 4.34 Å². The maximum absolute atomic E-state index is 5.47. The van der Waals surface area contributed by atoms with Crippen molar-refractivity contribution < 1.29 is 4.74 Å². The molecule has 0 aliphatic heterocycles. The molecule has 0 aliphatic carbocycles. The summed E-state index contributed by atoms with van der Waals surface area (Å²) in [5.41, 5.74) is 0. The Hall–Kier alpha value is 0.160. The molecule has 0 aromatic carbocycles. The van der Waals surface area contributed by atoms with E-state index in [1.807, 2.05) is 0 Å². The molecular formula is C8H13ClN2OS2. The van der Waals surface area contributed by atoms with Gasteiger partial charge < -0.3 is 4.74 Å². The molecule has 0 saturated carbocycles. The Kier molecular flexibility index (Phi) is 6.51. The van der Waals surface area contributed by atoms with Gasteiger partial charge in [-0.15, -0.1) is 11.6 Å². The van der Waals surface area contributed by atoms with E-state index in [9.17, 15) is 0 Å². The highest BCUT2D eigenvalue weighted by molar-refractivity contribution is 8.00. The molecule has 1 heterocycles. The van der Waals surface area contributed by atoms with Crippen molar-refractivity contribution in [3.05, 3.63) is 5.82 Å². The molecule has 0 saturated heterocycles. The maximum atomic E-state index is 5.47. The summed E-state index contributed by atoms with van der Waals surface area (Å²) in [4.78, 5) is 4.34. The summed E-state index contributed by atoms with van der Waals surface area (Å²) in [5.74, 6) is 2.40. The average Bonchev–Trinajstić information content (AvgIpc) is 2.65.